The van der Waals surface area contributed by atoms with Crippen LogP contribution >= 0.6 is 0 Å². The standard InChI is InChI=1S/C29H50N2O2/c1-6-11-27(12-7-2)29(32)31-21-17-26(18-22-31)24(4)15-16-28(13-8-3)33-23-10-20-30-19-9-14-25(30)5/h8,13,15-16,25-27H,6-7,9-12,14,17-23H2,1-5H3/b13-8-,24-15+,28-16+/t25-/m1/s1. The van der Waals surface area contributed by atoms with Gasteiger partial charge in [-0.25, -0.2) is 0 Å². The molecule has 1 amide bonds. The van der Waals surface area contributed by atoms with Gasteiger partial charge < -0.3 is 14.5 Å². The van der Waals surface area contributed by atoms with Crippen molar-refractivity contribution in [2.45, 2.75) is 98.4 Å². The van der Waals surface area contributed by atoms with Gasteiger partial charge in [0.2, 0.25) is 5.91 Å². The Hall–Kier alpha value is -1.55. The van der Waals surface area contributed by atoms with E-state index in [1.807, 2.05) is 13.0 Å². The predicted octanol–water partition coefficient (Wildman–Crippen LogP) is 6.74. The molecule has 2 rings (SSSR count). The van der Waals surface area contributed by atoms with E-state index in [1.54, 1.807) is 0 Å². The number of rotatable bonds is 13. The van der Waals surface area contributed by atoms with Crippen LogP contribution in [-0.2, 0) is 9.53 Å². The number of likely N-dealkylation sites (tertiary alicyclic amines) is 2. The molecule has 2 aliphatic heterocycles. The minimum atomic E-state index is 0.227. The third-order valence-corrected chi connectivity index (χ3v) is 7.46. The summed E-state index contributed by atoms with van der Waals surface area (Å²) in [5.41, 5.74) is 1.40. The highest BCUT2D eigenvalue weighted by atomic mass is 16.5. The predicted molar refractivity (Wildman–Crippen MR) is 140 cm³/mol. The van der Waals surface area contributed by atoms with Crippen LogP contribution in [0.2, 0.25) is 0 Å². The molecule has 0 spiro atoms. The molecule has 2 heterocycles. The van der Waals surface area contributed by atoms with Gasteiger partial charge in [-0.1, -0.05) is 44.4 Å². The number of piperidine rings is 1. The molecule has 4 nitrogen and oxygen atoms in total. The average molecular weight is 459 g/mol. The Morgan fingerprint density at radius 1 is 1.06 bits per heavy atom. The molecule has 0 radical (unpaired) electrons. The molecule has 0 aromatic heterocycles. The first-order valence-corrected chi connectivity index (χ1v) is 13.7. The molecule has 0 unspecified atom stereocenters. The van der Waals surface area contributed by atoms with Crippen LogP contribution in [0, 0.1) is 11.8 Å². The van der Waals surface area contributed by atoms with Gasteiger partial charge in [-0.05, 0) is 90.3 Å². The molecule has 0 aromatic carbocycles. The Kier molecular flexibility index (Phi) is 12.9. The third kappa shape index (κ3) is 9.31. The second kappa shape index (κ2) is 15.4. The van der Waals surface area contributed by atoms with Crippen molar-refractivity contribution in [2.24, 2.45) is 11.8 Å². The molecule has 0 saturated carbocycles. The second-order valence-electron chi connectivity index (χ2n) is 10.1. The molecule has 4 heteroatoms. The molecule has 33 heavy (non-hydrogen) atoms. The number of ether oxygens (including phenoxy) is 1. The lowest BCUT2D eigenvalue weighted by molar-refractivity contribution is -0.137. The molecular formula is C29H50N2O2. The minimum Gasteiger partial charge on any atom is -0.494 e. The fourth-order valence-corrected chi connectivity index (χ4v) is 5.35. The number of carbonyl (C=O) groups is 1. The van der Waals surface area contributed by atoms with Gasteiger partial charge in [0.1, 0.15) is 5.76 Å². The maximum Gasteiger partial charge on any atom is 0.225 e. The van der Waals surface area contributed by atoms with E-state index in [9.17, 15) is 4.79 Å². The number of hydrogen-bond donors (Lipinski definition) is 0. The SMILES string of the molecule is C\C=C/C(=C\C=C(/C)C1CCN(C(=O)C(CCC)CCC)CC1)OCCCN1CCC[C@H]1C. The Labute approximate surface area is 204 Å². The number of amides is 1. The molecule has 0 aliphatic carbocycles. The van der Waals surface area contributed by atoms with Gasteiger partial charge in [0.25, 0.3) is 0 Å². The van der Waals surface area contributed by atoms with Crippen molar-refractivity contribution >= 4 is 5.91 Å². The maximum absolute atomic E-state index is 12.9. The lowest BCUT2D eigenvalue weighted by Gasteiger charge is -2.34. The van der Waals surface area contributed by atoms with Crippen molar-refractivity contribution in [2.75, 3.05) is 32.8 Å². The normalized spacial score (nSPS) is 21.5. The highest BCUT2D eigenvalue weighted by Gasteiger charge is 2.27. The van der Waals surface area contributed by atoms with E-state index in [1.165, 1.54) is 25.0 Å². The second-order valence-corrected chi connectivity index (χ2v) is 10.1. The summed E-state index contributed by atoms with van der Waals surface area (Å²) in [6.07, 6.45) is 18.6. The Balaban J connectivity index is 1.81. The van der Waals surface area contributed by atoms with Crippen LogP contribution in [0.15, 0.2) is 35.6 Å². The van der Waals surface area contributed by atoms with E-state index in [2.05, 4.69) is 55.7 Å². The number of allylic oxidation sites excluding steroid dienone is 5. The summed E-state index contributed by atoms with van der Waals surface area (Å²) in [6, 6.07) is 0.729. The average Bonchev–Trinajstić information content (AvgIpc) is 3.24. The fraction of sp³-hybridized carbons (Fsp3) is 0.759. The van der Waals surface area contributed by atoms with Gasteiger partial charge in [0, 0.05) is 31.6 Å². The highest BCUT2D eigenvalue weighted by molar-refractivity contribution is 5.78. The zero-order valence-corrected chi connectivity index (χ0v) is 22.2. The quantitative estimate of drug-likeness (QED) is 0.174. The van der Waals surface area contributed by atoms with Gasteiger partial charge in [0.05, 0.1) is 6.61 Å². The van der Waals surface area contributed by atoms with E-state index in [-0.39, 0.29) is 5.92 Å². The van der Waals surface area contributed by atoms with E-state index < -0.39 is 0 Å². The van der Waals surface area contributed by atoms with Crippen molar-refractivity contribution in [3.63, 3.8) is 0 Å². The molecule has 0 N–H and O–H groups in total. The zero-order chi connectivity index (χ0) is 24.1. The largest absolute Gasteiger partial charge is 0.494 e. The summed E-state index contributed by atoms with van der Waals surface area (Å²) in [7, 11) is 0. The number of hydrogen-bond acceptors (Lipinski definition) is 3. The molecular weight excluding hydrogens is 408 g/mol. The first kappa shape index (κ1) is 27.7. The summed E-state index contributed by atoms with van der Waals surface area (Å²) in [4.78, 5) is 17.7. The van der Waals surface area contributed by atoms with Crippen molar-refractivity contribution in [1.82, 2.24) is 9.80 Å². The van der Waals surface area contributed by atoms with Crippen molar-refractivity contribution in [3.8, 4) is 0 Å². The maximum atomic E-state index is 12.9. The smallest absolute Gasteiger partial charge is 0.225 e. The fourth-order valence-electron chi connectivity index (χ4n) is 5.35. The van der Waals surface area contributed by atoms with E-state index >= 15 is 0 Å². The topological polar surface area (TPSA) is 32.8 Å². The lowest BCUT2D eigenvalue weighted by atomic mass is 9.88. The summed E-state index contributed by atoms with van der Waals surface area (Å²) in [5.74, 6) is 2.13. The van der Waals surface area contributed by atoms with E-state index in [0.717, 1.165) is 83.0 Å². The van der Waals surface area contributed by atoms with Gasteiger partial charge in [0.15, 0.2) is 0 Å². The highest BCUT2D eigenvalue weighted by Crippen LogP contribution is 2.27. The lowest BCUT2D eigenvalue weighted by Crippen LogP contribution is -2.42. The molecule has 2 fully saturated rings. The monoisotopic (exact) mass is 458 g/mol. The molecule has 2 saturated heterocycles. The molecule has 0 bridgehead atoms. The summed E-state index contributed by atoms with van der Waals surface area (Å²) < 4.78 is 6.09. The third-order valence-electron chi connectivity index (χ3n) is 7.46. The summed E-state index contributed by atoms with van der Waals surface area (Å²) in [6.45, 7) is 15.9. The van der Waals surface area contributed by atoms with Crippen molar-refractivity contribution in [3.05, 3.63) is 35.6 Å². The van der Waals surface area contributed by atoms with Crippen LogP contribution in [0.4, 0.5) is 0 Å². The Bertz CT molecular complexity index is 653. The van der Waals surface area contributed by atoms with Crippen molar-refractivity contribution < 1.29 is 9.53 Å². The first-order valence-electron chi connectivity index (χ1n) is 13.7. The summed E-state index contributed by atoms with van der Waals surface area (Å²) >= 11 is 0. The van der Waals surface area contributed by atoms with Crippen LogP contribution in [0.3, 0.4) is 0 Å². The minimum absolute atomic E-state index is 0.227. The molecule has 2 aliphatic rings. The van der Waals surface area contributed by atoms with Crippen molar-refractivity contribution in [1.29, 1.82) is 0 Å². The first-order chi connectivity index (χ1) is 16.0. The summed E-state index contributed by atoms with van der Waals surface area (Å²) in [5, 5.41) is 0. The molecule has 0 aromatic rings. The zero-order valence-electron chi connectivity index (χ0n) is 22.2. The van der Waals surface area contributed by atoms with Crippen LogP contribution in [-0.4, -0.2) is 54.5 Å². The Morgan fingerprint density at radius 3 is 2.33 bits per heavy atom. The van der Waals surface area contributed by atoms with Crippen LogP contribution in [0.1, 0.15) is 92.4 Å². The van der Waals surface area contributed by atoms with Crippen LogP contribution in [0.25, 0.3) is 0 Å². The Morgan fingerprint density at radius 2 is 1.76 bits per heavy atom. The van der Waals surface area contributed by atoms with Crippen LogP contribution < -0.4 is 0 Å². The molecule has 1 atom stereocenters. The number of nitrogens with zero attached hydrogens (tertiary/aromatic N) is 2. The van der Waals surface area contributed by atoms with E-state index in [0.29, 0.717) is 11.8 Å². The van der Waals surface area contributed by atoms with Gasteiger partial charge in [-0.3, -0.25) is 4.79 Å². The van der Waals surface area contributed by atoms with E-state index in [4.69, 9.17) is 4.74 Å². The van der Waals surface area contributed by atoms with Gasteiger partial charge >= 0.3 is 0 Å². The molecule has 188 valence electrons. The number of carbonyl (C=O) groups excluding carboxylic acids is 1. The van der Waals surface area contributed by atoms with Crippen LogP contribution in [0.5, 0.6) is 0 Å². The van der Waals surface area contributed by atoms with Gasteiger partial charge in [-0.15, -0.1) is 0 Å². The van der Waals surface area contributed by atoms with Gasteiger partial charge in [-0.2, -0.15) is 0 Å².